The Hall–Kier alpha value is -2.60. The Kier molecular flexibility index (Phi) is 5.11. The number of aryl methyl sites for hydroxylation is 1. The number of rotatable bonds is 5. The summed E-state index contributed by atoms with van der Waals surface area (Å²) in [5.41, 5.74) is 2.30. The molecule has 0 aliphatic heterocycles. The van der Waals surface area contributed by atoms with Gasteiger partial charge in [-0.2, -0.15) is 5.26 Å². The zero-order valence-electron chi connectivity index (χ0n) is 12.0. The van der Waals surface area contributed by atoms with Crippen molar-refractivity contribution in [1.82, 2.24) is 5.32 Å². The molecule has 0 heterocycles. The third kappa shape index (κ3) is 4.47. The maximum Gasteiger partial charge on any atom is 0.251 e. The lowest BCUT2D eigenvalue weighted by atomic mass is 10.1. The van der Waals surface area contributed by atoms with Crippen LogP contribution in [0.1, 0.15) is 34.8 Å². The van der Waals surface area contributed by atoms with E-state index in [9.17, 15) is 4.79 Å². The number of hydrogen-bond donors (Lipinski definition) is 1. The minimum atomic E-state index is -0.132. The zero-order valence-corrected chi connectivity index (χ0v) is 12.0. The third-order valence-electron chi connectivity index (χ3n) is 3.34. The van der Waals surface area contributed by atoms with Crippen molar-refractivity contribution in [1.29, 1.82) is 5.26 Å². The van der Waals surface area contributed by atoms with Gasteiger partial charge in [-0.1, -0.05) is 36.4 Å². The molecule has 1 atom stereocenters. The van der Waals surface area contributed by atoms with Crippen LogP contribution in [0, 0.1) is 11.3 Å². The topological polar surface area (TPSA) is 52.9 Å². The summed E-state index contributed by atoms with van der Waals surface area (Å²) < 4.78 is 0. The second kappa shape index (κ2) is 7.25. The number of carbonyl (C=O) groups is 1. The van der Waals surface area contributed by atoms with Gasteiger partial charge in [-0.3, -0.25) is 4.79 Å². The molecular weight excluding hydrogens is 260 g/mol. The molecule has 0 aromatic heterocycles. The Morgan fingerprint density at radius 3 is 2.67 bits per heavy atom. The van der Waals surface area contributed by atoms with Gasteiger partial charge >= 0.3 is 0 Å². The van der Waals surface area contributed by atoms with Crippen LogP contribution in [0.3, 0.4) is 0 Å². The van der Waals surface area contributed by atoms with Gasteiger partial charge in [0, 0.05) is 11.6 Å². The van der Waals surface area contributed by atoms with Crippen molar-refractivity contribution in [2.24, 2.45) is 0 Å². The van der Waals surface area contributed by atoms with Crippen molar-refractivity contribution >= 4 is 5.91 Å². The van der Waals surface area contributed by atoms with Crippen LogP contribution >= 0.6 is 0 Å². The smallest absolute Gasteiger partial charge is 0.251 e. The van der Waals surface area contributed by atoms with Gasteiger partial charge in [0.05, 0.1) is 11.6 Å². The summed E-state index contributed by atoms with van der Waals surface area (Å²) in [6, 6.07) is 19.1. The van der Waals surface area contributed by atoms with Crippen molar-refractivity contribution in [3.63, 3.8) is 0 Å². The van der Waals surface area contributed by atoms with Crippen LogP contribution in [-0.4, -0.2) is 11.9 Å². The predicted molar refractivity (Wildman–Crippen MR) is 82.8 cm³/mol. The summed E-state index contributed by atoms with van der Waals surface area (Å²) in [7, 11) is 0. The SMILES string of the molecule is C[C@H](CCc1ccccc1)NC(=O)c1cccc(C#N)c1. The molecule has 0 aliphatic rings. The molecule has 2 rings (SSSR count). The van der Waals surface area contributed by atoms with E-state index in [0.717, 1.165) is 12.8 Å². The zero-order chi connectivity index (χ0) is 15.1. The summed E-state index contributed by atoms with van der Waals surface area (Å²) in [6.07, 6.45) is 1.81. The number of amides is 1. The van der Waals surface area contributed by atoms with Crippen LogP contribution in [-0.2, 0) is 6.42 Å². The lowest BCUT2D eigenvalue weighted by Crippen LogP contribution is -2.32. The fraction of sp³-hybridized carbons (Fsp3) is 0.222. The molecule has 0 bridgehead atoms. The minimum Gasteiger partial charge on any atom is -0.350 e. The van der Waals surface area contributed by atoms with Crippen LogP contribution < -0.4 is 5.32 Å². The van der Waals surface area contributed by atoms with Gasteiger partial charge in [-0.05, 0) is 43.5 Å². The maximum atomic E-state index is 12.1. The number of nitrogens with zero attached hydrogens (tertiary/aromatic N) is 1. The molecule has 0 saturated carbocycles. The number of carbonyl (C=O) groups excluding carboxylic acids is 1. The minimum absolute atomic E-state index is 0.0865. The largest absolute Gasteiger partial charge is 0.350 e. The van der Waals surface area contributed by atoms with E-state index in [-0.39, 0.29) is 11.9 Å². The second-order valence-electron chi connectivity index (χ2n) is 5.09. The predicted octanol–water partition coefficient (Wildman–Crippen LogP) is 3.31. The highest BCUT2D eigenvalue weighted by Crippen LogP contribution is 2.07. The lowest BCUT2D eigenvalue weighted by Gasteiger charge is -2.14. The molecule has 0 spiro atoms. The average molecular weight is 278 g/mol. The highest BCUT2D eigenvalue weighted by molar-refractivity contribution is 5.94. The molecule has 3 nitrogen and oxygen atoms in total. The fourth-order valence-corrected chi connectivity index (χ4v) is 2.14. The first-order valence-corrected chi connectivity index (χ1v) is 7.04. The highest BCUT2D eigenvalue weighted by Gasteiger charge is 2.10. The fourth-order valence-electron chi connectivity index (χ4n) is 2.14. The summed E-state index contributed by atoms with van der Waals surface area (Å²) >= 11 is 0. The van der Waals surface area contributed by atoms with E-state index in [4.69, 9.17) is 5.26 Å². The van der Waals surface area contributed by atoms with Crippen LogP contribution in [0.25, 0.3) is 0 Å². The average Bonchev–Trinajstić information content (AvgIpc) is 2.54. The summed E-state index contributed by atoms with van der Waals surface area (Å²) in [6.45, 7) is 2.00. The van der Waals surface area contributed by atoms with Crippen molar-refractivity contribution in [3.8, 4) is 6.07 Å². The molecule has 0 radical (unpaired) electrons. The Balaban J connectivity index is 1.88. The Morgan fingerprint density at radius 2 is 1.95 bits per heavy atom. The molecule has 1 N–H and O–H groups in total. The first-order valence-electron chi connectivity index (χ1n) is 7.04. The molecular formula is C18H18N2O. The summed E-state index contributed by atoms with van der Waals surface area (Å²) in [5.74, 6) is -0.132. The van der Waals surface area contributed by atoms with E-state index in [2.05, 4.69) is 17.4 Å². The van der Waals surface area contributed by atoms with Crippen LogP contribution in [0.4, 0.5) is 0 Å². The van der Waals surface area contributed by atoms with Gasteiger partial charge in [0.1, 0.15) is 0 Å². The quantitative estimate of drug-likeness (QED) is 0.912. The van der Waals surface area contributed by atoms with Crippen LogP contribution in [0.15, 0.2) is 54.6 Å². The van der Waals surface area contributed by atoms with Crippen LogP contribution in [0.5, 0.6) is 0 Å². The van der Waals surface area contributed by atoms with Gasteiger partial charge in [-0.25, -0.2) is 0 Å². The van der Waals surface area contributed by atoms with E-state index in [1.165, 1.54) is 5.56 Å². The van der Waals surface area contributed by atoms with E-state index >= 15 is 0 Å². The maximum absolute atomic E-state index is 12.1. The number of nitrogens with one attached hydrogen (secondary N) is 1. The monoisotopic (exact) mass is 278 g/mol. The van der Waals surface area contributed by atoms with Crippen molar-refractivity contribution < 1.29 is 4.79 Å². The lowest BCUT2D eigenvalue weighted by molar-refractivity contribution is 0.0938. The van der Waals surface area contributed by atoms with Crippen molar-refractivity contribution in [2.45, 2.75) is 25.8 Å². The molecule has 0 aliphatic carbocycles. The summed E-state index contributed by atoms with van der Waals surface area (Å²) in [4.78, 5) is 12.1. The van der Waals surface area contributed by atoms with Crippen molar-refractivity contribution in [3.05, 3.63) is 71.3 Å². The molecule has 2 aromatic carbocycles. The molecule has 0 saturated heterocycles. The standard InChI is InChI=1S/C18H18N2O/c1-14(10-11-15-6-3-2-4-7-15)20-18(21)17-9-5-8-16(12-17)13-19/h2-9,12,14H,10-11H2,1H3,(H,20,21)/t14-/m1/s1. The Labute approximate surface area is 125 Å². The van der Waals surface area contributed by atoms with Gasteiger partial charge in [-0.15, -0.1) is 0 Å². The molecule has 2 aromatic rings. The van der Waals surface area contributed by atoms with Gasteiger partial charge in [0.2, 0.25) is 0 Å². The van der Waals surface area contributed by atoms with E-state index in [0.29, 0.717) is 11.1 Å². The van der Waals surface area contributed by atoms with Crippen molar-refractivity contribution in [2.75, 3.05) is 0 Å². The molecule has 1 amide bonds. The summed E-state index contributed by atoms with van der Waals surface area (Å²) in [5, 5.41) is 11.8. The van der Waals surface area contributed by atoms with E-state index in [1.54, 1.807) is 24.3 Å². The highest BCUT2D eigenvalue weighted by atomic mass is 16.1. The number of nitriles is 1. The first-order chi connectivity index (χ1) is 10.2. The Morgan fingerprint density at radius 1 is 1.19 bits per heavy atom. The number of benzene rings is 2. The van der Waals surface area contributed by atoms with Gasteiger partial charge in [0.15, 0.2) is 0 Å². The van der Waals surface area contributed by atoms with Gasteiger partial charge < -0.3 is 5.32 Å². The molecule has 0 unspecified atom stereocenters. The first kappa shape index (κ1) is 14.8. The Bertz CT molecular complexity index is 644. The van der Waals surface area contributed by atoms with Gasteiger partial charge in [0.25, 0.3) is 5.91 Å². The van der Waals surface area contributed by atoms with Crippen LogP contribution in [0.2, 0.25) is 0 Å². The normalized spacial score (nSPS) is 11.4. The molecule has 106 valence electrons. The third-order valence-corrected chi connectivity index (χ3v) is 3.34. The van der Waals surface area contributed by atoms with E-state index < -0.39 is 0 Å². The second-order valence-corrected chi connectivity index (χ2v) is 5.09. The molecule has 21 heavy (non-hydrogen) atoms. The number of hydrogen-bond acceptors (Lipinski definition) is 2. The molecule has 0 fully saturated rings. The van der Waals surface area contributed by atoms with E-state index in [1.807, 2.05) is 31.2 Å². The molecule has 3 heteroatoms.